The van der Waals surface area contributed by atoms with Gasteiger partial charge in [-0.25, -0.2) is 4.68 Å². The summed E-state index contributed by atoms with van der Waals surface area (Å²) in [6, 6.07) is 4.68. The Morgan fingerprint density at radius 2 is 2.00 bits per heavy atom. The molecule has 6 nitrogen and oxygen atoms in total. The number of nitro benzene ring substituents is 1. The zero-order valence-corrected chi connectivity index (χ0v) is 9.26. The molecule has 0 aliphatic carbocycles. The Kier molecular flexibility index (Phi) is 2.89. The Balaban J connectivity index is 2.57. The van der Waals surface area contributed by atoms with Gasteiger partial charge in [0.15, 0.2) is 5.69 Å². The minimum Gasteiger partial charge on any atom is -0.393 e. The summed E-state index contributed by atoms with van der Waals surface area (Å²) in [4.78, 5) is 10.1. The average Bonchev–Trinajstić information content (AvgIpc) is 2.76. The summed E-state index contributed by atoms with van der Waals surface area (Å²) in [7, 11) is 0. The van der Waals surface area contributed by atoms with Crippen molar-refractivity contribution in [3.05, 3.63) is 46.3 Å². The standard InChI is InChI=1S/C10H7F3N4O2/c11-10(12,13)8-4-5-16(15-8)7-3-1-2-6(14)9(7)17(18)19/h1-5H,14H2. The number of anilines is 1. The Labute approximate surface area is 104 Å². The molecule has 0 amide bonds. The van der Waals surface area contributed by atoms with Crippen LogP contribution in [-0.2, 0) is 6.18 Å². The van der Waals surface area contributed by atoms with E-state index in [1.165, 1.54) is 18.2 Å². The van der Waals surface area contributed by atoms with Gasteiger partial charge in [0.25, 0.3) is 0 Å². The summed E-state index contributed by atoms with van der Waals surface area (Å²) in [6.07, 6.45) is -3.62. The van der Waals surface area contributed by atoms with E-state index in [2.05, 4.69) is 5.10 Å². The second kappa shape index (κ2) is 4.26. The highest BCUT2D eigenvalue weighted by Crippen LogP contribution is 2.31. The van der Waals surface area contributed by atoms with Gasteiger partial charge in [0.05, 0.1) is 4.92 Å². The third-order valence-corrected chi connectivity index (χ3v) is 2.35. The number of halogens is 3. The van der Waals surface area contributed by atoms with Gasteiger partial charge in [-0.3, -0.25) is 10.1 Å². The van der Waals surface area contributed by atoms with E-state index in [0.29, 0.717) is 0 Å². The molecule has 0 fully saturated rings. The van der Waals surface area contributed by atoms with Gasteiger partial charge in [-0.15, -0.1) is 0 Å². The second-order valence-corrected chi connectivity index (χ2v) is 3.62. The van der Waals surface area contributed by atoms with Crippen LogP contribution in [0.4, 0.5) is 24.5 Å². The van der Waals surface area contributed by atoms with Crippen LogP contribution < -0.4 is 5.73 Å². The molecule has 0 saturated heterocycles. The van der Waals surface area contributed by atoms with Gasteiger partial charge in [0.2, 0.25) is 0 Å². The number of benzene rings is 1. The molecular formula is C10H7F3N4O2. The van der Waals surface area contributed by atoms with Gasteiger partial charge in [-0.2, -0.15) is 18.3 Å². The predicted molar refractivity (Wildman–Crippen MR) is 59.6 cm³/mol. The summed E-state index contributed by atoms with van der Waals surface area (Å²) in [5.41, 5.74) is 3.55. The van der Waals surface area contributed by atoms with Crippen LogP contribution in [0.1, 0.15) is 5.69 Å². The number of nitrogens with two attached hydrogens (primary N) is 1. The number of alkyl halides is 3. The molecule has 9 heteroatoms. The van der Waals surface area contributed by atoms with Crippen LogP contribution in [0.3, 0.4) is 0 Å². The molecule has 1 heterocycles. The number of para-hydroxylation sites is 1. The zero-order valence-electron chi connectivity index (χ0n) is 9.26. The summed E-state index contributed by atoms with van der Waals surface area (Å²) >= 11 is 0. The summed E-state index contributed by atoms with van der Waals surface area (Å²) in [5, 5.41) is 14.1. The molecule has 0 bridgehead atoms. The molecule has 1 aromatic carbocycles. The quantitative estimate of drug-likeness (QED) is 0.516. The van der Waals surface area contributed by atoms with E-state index in [1.54, 1.807) is 0 Å². The molecule has 0 radical (unpaired) electrons. The Morgan fingerprint density at radius 3 is 2.53 bits per heavy atom. The van der Waals surface area contributed by atoms with Gasteiger partial charge < -0.3 is 5.73 Å². The fourth-order valence-corrected chi connectivity index (χ4v) is 1.54. The van der Waals surface area contributed by atoms with Crippen molar-refractivity contribution in [1.29, 1.82) is 0 Å². The Morgan fingerprint density at radius 1 is 1.32 bits per heavy atom. The molecule has 1 aromatic heterocycles. The van der Waals surface area contributed by atoms with E-state index in [0.717, 1.165) is 16.9 Å². The number of nitrogens with zero attached hydrogens (tertiary/aromatic N) is 3. The molecule has 0 aliphatic heterocycles. The third-order valence-electron chi connectivity index (χ3n) is 2.35. The molecule has 2 rings (SSSR count). The SMILES string of the molecule is Nc1cccc(-n2ccc(C(F)(F)F)n2)c1[N+](=O)[O-]. The molecule has 0 spiro atoms. The molecule has 0 saturated carbocycles. The average molecular weight is 272 g/mol. The van der Waals surface area contributed by atoms with Crippen LogP contribution in [0.5, 0.6) is 0 Å². The molecule has 2 aromatic rings. The van der Waals surface area contributed by atoms with Gasteiger partial charge in [-0.05, 0) is 18.2 Å². The van der Waals surface area contributed by atoms with Crippen molar-refractivity contribution in [3.63, 3.8) is 0 Å². The highest BCUT2D eigenvalue weighted by atomic mass is 19.4. The smallest absolute Gasteiger partial charge is 0.393 e. The maximum atomic E-state index is 12.4. The summed E-state index contributed by atoms with van der Waals surface area (Å²) < 4.78 is 38.0. The monoisotopic (exact) mass is 272 g/mol. The van der Waals surface area contributed by atoms with Crippen molar-refractivity contribution in [1.82, 2.24) is 9.78 Å². The fraction of sp³-hybridized carbons (Fsp3) is 0.100. The Bertz CT molecular complexity index is 636. The topological polar surface area (TPSA) is 87.0 Å². The van der Waals surface area contributed by atoms with E-state index < -0.39 is 22.5 Å². The van der Waals surface area contributed by atoms with E-state index in [1.807, 2.05) is 0 Å². The van der Waals surface area contributed by atoms with Crippen molar-refractivity contribution < 1.29 is 18.1 Å². The maximum Gasteiger partial charge on any atom is 0.435 e. The number of hydrogen-bond donors (Lipinski definition) is 1. The van der Waals surface area contributed by atoms with E-state index in [-0.39, 0.29) is 11.4 Å². The zero-order chi connectivity index (χ0) is 14.2. The van der Waals surface area contributed by atoms with Crippen molar-refractivity contribution in [3.8, 4) is 5.69 Å². The highest BCUT2D eigenvalue weighted by Gasteiger charge is 2.34. The molecular weight excluding hydrogens is 265 g/mol. The van der Waals surface area contributed by atoms with Crippen LogP contribution in [-0.4, -0.2) is 14.7 Å². The third kappa shape index (κ3) is 2.34. The van der Waals surface area contributed by atoms with Gasteiger partial charge in [0.1, 0.15) is 11.4 Å². The summed E-state index contributed by atoms with van der Waals surface area (Å²) in [5.74, 6) is 0. The predicted octanol–water partition coefficient (Wildman–Crippen LogP) is 2.38. The second-order valence-electron chi connectivity index (χ2n) is 3.62. The largest absolute Gasteiger partial charge is 0.435 e. The van der Waals surface area contributed by atoms with Gasteiger partial charge in [-0.1, -0.05) is 6.07 Å². The fourth-order valence-electron chi connectivity index (χ4n) is 1.54. The van der Waals surface area contributed by atoms with Crippen molar-refractivity contribution in [2.75, 3.05) is 5.73 Å². The van der Waals surface area contributed by atoms with Crippen molar-refractivity contribution in [2.24, 2.45) is 0 Å². The number of nitro groups is 1. The number of hydrogen-bond acceptors (Lipinski definition) is 4. The highest BCUT2D eigenvalue weighted by molar-refractivity contribution is 5.68. The summed E-state index contributed by atoms with van der Waals surface area (Å²) in [6.45, 7) is 0. The first kappa shape index (κ1) is 12.9. The maximum absolute atomic E-state index is 12.4. The van der Waals surface area contributed by atoms with Crippen LogP contribution in [0.2, 0.25) is 0 Å². The van der Waals surface area contributed by atoms with E-state index in [9.17, 15) is 23.3 Å². The molecule has 0 unspecified atom stereocenters. The minimum atomic E-state index is -4.61. The van der Waals surface area contributed by atoms with Gasteiger partial charge >= 0.3 is 11.9 Å². The van der Waals surface area contributed by atoms with Crippen LogP contribution in [0, 0.1) is 10.1 Å². The lowest BCUT2D eigenvalue weighted by atomic mass is 10.2. The van der Waals surface area contributed by atoms with Crippen LogP contribution >= 0.6 is 0 Å². The van der Waals surface area contributed by atoms with Crippen molar-refractivity contribution >= 4 is 11.4 Å². The number of rotatable bonds is 2. The first-order valence-electron chi connectivity index (χ1n) is 4.97. The first-order chi connectivity index (χ1) is 8.80. The molecule has 0 aliphatic rings. The first-order valence-corrected chi connectivity index (χ1v) is 4.97. The lowest BCUT2D eigenvalue weighted by Crippen LogP contribution is -2.08. The molecule has 100 valence electrons. The number of aromatic nitrogens is 2. The van der Waals surface area contributed by atoms with Crippen LogP contribution in [0.25, 0.3) is 5.69 Å². The van der Waals surface area contributed by atoms with Crippen LogP contribution in [0.15, 0.2) is 30.5 Å². The van der Waals surface area contributed by atoms with Crippen molar-refractivity contribution in [2.45, 2.75) is 6.18 Å². The number of nitrogen functional groups attached to an aromatic ring is 1. The molecule has 2 N–H and O–H groups in total. The lowest BCUT2D eigenvalue weighted by Gasteiger charge is -2.05. The lowest BCUT2D eigenvalue weighted by molar-refractivity contribution is -0.383. The molecule has 0 atom stereocenters. The van der Waals surface area contributed by atoms with E-state index >= 15 is 0 Å². The minimum absolute atomic E-state index is 0.125. The normalized spacial score (nSPS) is 11.5. The van der Waals surface area contributed by atoms with Gasteiger partial charge in [0, 0.05) is 6.20 Å². The molecule has 19 heavy (non-hydrogen) atoms. The van der Waals surface area contributed by atoms with E-state index in [4.69, 9.17) is 5.73 Å². The Hall–Kier alpha value is -2.58.